The monoisotopic (exact) mass is 345 g/mol. The molecule has 3 aromatic rings. The van der Waals surface area contributed by atoms with E-state index < -0.39 is 16.1 Å². The van der Waals surface area contributed by atoms with Gasteiger partial charge in [-0.2, -0.15) is 0 Å². The number of rotatable bonds is 5. The lowest BCUT2D eigenvalue weighted by Gasteiger charge is -2.14. The number of hydrogen-bond acceptors (Lipinski definition) is 4. The molecule has 126 valence electrons. The predicted octanol–water partition coefficient (Wildman–Crippen LogP) is 3.79. The molecule has 1 aromatic heterocycles. The lowest BCUT2D eigenvalue weighted by atomic mass is 10.2. The van der Waals surface area contributed by atoms with Crippen LogP contribution >= 0.6 is 0 Å². The van der Waals surface area contributed by atoms with Gasteiger partial charge < -0.3 is 9.15 Å². The Kier molecular flexibility index (Phi) is 4.34. The second kappa shape index (κ2) is 6.30. The molecule has 0 aliphatic rings. The van der Waals surface area contributed by atoms with Gasteiger partial charge in [-0.1, -0.05) is 24.3 Å². The Morgan fingerprint density at radius 3 is 2.58 bits per heavy atom. The normalized spacial score (nSPS) is 13.1. The summed E-state index contributed by atoms with van der Waals surface area (Å²) in [6.07, 6.45) is 0. The van der Waals surface area contributed by atoms with E-state index in [-0.39, 0.29) is 4.90 Å². The molecule has 0 saturated carbocycles. The average molecular weight is 345 g/mol. The molecule has 1 atom stereocenters. The molecule has 0 radical (unpaired) electrons. The molecule has 5 nitrogen and oxygen atoms in total. The van der Waals surface area contributed by atoms with Gasteiger partial charge >= 0.3 is 0 Å². The van der Waals surface area contributed by atoms with E-state index in [0.717, 1.165) is 16.5 Å². The highest BCUT2D eigenvalue weighted by Gasteiger charge is 2.24. The van der Waals surface area contributed by atoms with E-state index in [2.05, 4.69) is 4.72 Å². The minimum absolute atomic E-state index is 0.118. The first kappa shape index (κ1) is 16.5. The van der Waals surface area contributed by atoms with E-state index in [1.54, 1.807) is 25.1 Å². The van der Waals surface area contributed by atoms with Crippen molar-refractivity contribution in [3.8, 4) is 5.75 Å². The van der Waals surface area contributed by atoms with Gasteiger partial charge in [0.2, 0.25) is 10.0 Å². The lowest BCUT2D eigenvalue weighted by Crippen LogP contribution is -2.27. The number of aryl methyl sites for hydroxylation is 1. The Morgan fingerprint density at radius 1 is 1.12 bits per heavy atom. The summed E-state index contributed by atoms with van der Waals surface area (Å²) in [4.78, 5) is 0.118. The summed E-state index contributed by atoms with van der Waals surface area (Å²) in [6.45, 7) is 3.58. The second-order valence-electron chi connectivity index (χ2n) is 5.68. The van der Waals surface area contributed by atoms with Crippen molar-refractivity contribution in [3.63, 3.8) is 0 Å². The van der Waals surface area contributed by atoms with Crippen LogP contribution in [-0.4, -0.2) is 15.5 Å². The highest BCUT2D eigenvalue weighted by Crippen LogP contribution is 2.28. The van der Waals surface area contributed by atoms with Crippen molar-refractivity contribution >= 4 is 21.0 Å². The molecule has 2 aromatic carbocycles. The van der Waals surface area contributed by atoms with Gasteiger partial charge in [0.15, 0.2) is 0 Å². The molecular formula is C18H19NO4S. The first-order valence-corrected chi connectivity index (χ1v) is 9.04. The van der Waals surface area contributed by atoms with Crippen molar-refractivity contribution in [3.05, 3.63) is 59.9 Å². The SMILES string of the molecule is COc1ccc(C)cc1S(=O)(=O)N[C@@H](C)c1cc2ccccc2o1. The number of nitrogens with one attached hydrogen (secondary N) is 1. The standard InChI is InChI=1S/C18H19NO4S/c1-12-8-9-16(22-3)18(10-12)24(20,21)19-13(2)17-11-14-6-4-5-7-15(14)23-17/h4-11,13,19H,1-3H3/t13-/m0/s1. The molecule has 0 saturated heterocycles. The minimum atomic E-state index is -3.75. The zero-order chi connectivity index (χ0) is 17.3. The maximum atomic E-state index is 12.7. The molecule has 0 aliphatic heterocycles. The fraction of sp³-hybridized carbons (Fsp3) is 0.222. The Labute approximate surface area is 141 Å². The van der Waals surface area contributed by atoms with Gasteiger partial charge in [-0.3, -0.25) is 0 Å². The summed E-state index contributed by atoms with van der Waals surface area (Å²) >= 11 is 0. The Morgan fingerprint density at radius 2 is 1.88 bits per heavy atom. The summed E-state index contributed by atoms with van der Waals surface area (Å²) in [5.41, 5.74) is 1.57. The van der Waals surface area contributed by atoms with Crippen LogP contribution in [0.5, 0.6) is 5.75 Å². The summed E-state index contributed by atoms with van der Waals surface area (Å²) in [5.74, 6) is 0.872. The van der Waals surface area contributed by atoms with Gasteiger partial charge in [0.1, 0.15) is 22.0 Å². The highest BCUT2D eigenvalue weighted by molar-refractivity contribution is 7.89. The van der Waals surface area contributed by atoms with Gasteiger partial charge in [0, 0.05) is 5.39 Å². The third-order valence-electron chi connectivity index (χ3n) is 3.81. The van der Waals surface area contributed by atoms with Gasteiger partial charge in [-0.15, -0.1) is 0 Å². The molecular weight excluding hydrogens is 326 g/mol. The van der Waals surface area contributed by atoms with Crippen LogP contribution in [0.15, 0.2) is 57.8 Å². The van der Waals surface area contributed by atoms with Crippen LogP contribution in [0.3, 0.4) is 0 Å². The summed E-state index contributed by atoms with van der Waals surface area (Å²) in [5, 5.41) is 0.937. The average Bonchev–Trinajstić information content (AvgIpc) is 2.98. The molecule has 0 aliphatic carbocycles. The number of benzene rings is 2. The molecule has 0 spiro atoms. The van der Waals surface area contributed by atoms with Crippen molar-refractivity contribution in [1.82, 2.24) is 4.72 Å². The van der Waals surface area contributed by atoms with Crippen molar-refractivity contribution in [2.24, 2.45) is 0 Å². The largest absolute Gasteiger partial charge is 0.495 e. The van der Waals surface area contributed by atoms with E-state index >= 15 is 0 Å². The quantitative estimate of drug-likeness (QED) is 0.764. The van der Waals surface area contributed by atoms with E-state index in [0.29, 0.717) is 11.5 Å². The van der Waals surface area contributed by atoms with Gasteiger partial charge in [-0.25, -0.2) is 13.1 Å². The molecule has 1 N–H and O–H groups in total. The second-order valence-corrected chi connectivity index (χ2v) is 7.37. The van der Waals surface area contributed by atoms with E-state index in [4.69, 9.17) is 9.15 Å². The number of methoxy groups -OCH3 is 1. The number of fused-ring (bicyclic) bond motifs is 1. The van der Waals surface area contributed by atoms with Crippen LogP contribution in [0.25, 0.3) is 11.0 Å². The third kappa shape index (κ3) is 3.16. The zero-order valence-electron chi connectivity index (χ0n) is 13.7. The smallest absolute Gasteiger partial charge is 0.244 e. The number of furan rings is 1. The van der Waals surface area contributed by atoms with Crippen LogP contribution in [0, 0.1) is 6.92 Å². The summed E-state index contributed by atoms with van der Waals surface area (Å²) in [7, 11) is -2.29. The summed E-state index contributed by atoms with van der Waals surface area (Å²) < 4.78 is 39.0. The zero-order valence-corrected chi connectivity index (χ0v) is 14.6. The fourth-order valence-corrected chi connectivity index (χ4v) is 4.03. The molecule has 0 unspecified atom stereocenters. The van der Waals surface area contributed by atoms with Crippen LogP contribution in [0.2, 0.25) is 0 Å². The Balaban J connectivity index is 1.92. The maximum absolute atomic E-state index is 12.7. The van der Waals surface area contributed by atoms with Crippen LogP contribution in [-0.2, 0) is 10.0 Å². The van der Waals surface area contributed by atoms with Crippen LogP contribution in [0.1, 0.15) is 24.3 Å². The van der Waals surface area contributed by atoms with E-state index in [1.807, 2.05) is 37.3 Å². The third-order valence-corrected chi connectivity index (χ3v) is 5.37. The molecule has 6 heteroatoms. The molecule has 0 bridgehead atoms. The molecule has 3 rings (SSSR count). The van der Waals surface area contributed by atoms with Crippen LogP contribution < -0.4 is 9.46 Å². The predicted molar refractivity (Wildman–Crippen MR) is 92.7 cm³/mol. The van der Waals surface area contributed by atoms with Crippen molar-refractivity contribution in [2.45, 2.75) is 24.8 Å². The van der Waals surface area contributed by atoms with E-state index in [9.17, 15) is 8.42 Å². The van der Waals surface area contributed by atoms with Crippen LogP contribution in [0.4, 0.5) is 0 Å². The molecule has 0 amide bonds. The van der Waals surface area contributed by atoms with Gasteiger partial charge in [0.05, 0.1) is 13.2 Å². The number of sulfonamides is 1. The lowest BCUT2D eigenvalue weighted by molar-refractivity contribution is 0.401. The first-order chi connectivity index (χ1) is 11.4. The van der Waals surface area contributed by atoms with Gasteiger partial charge in [0.25, 0.3) is 0 Å². The first-order valence-electron chi connectivity index (χ1n) is 7.56. The minimum Gasteiger partial charge on any atom is -0.495 e. The van der Waals surface area contributed by atoms with E-state index in [1.165, 1.54) is 7.11 Å². The number of hydrogen-bond donors (Lipinski definition) is 1. The fourth-order valence-electron chi connectivity index (χ4n) is 2.56. The van der Waals surface area contributed by atoms with Gasteiger partial charge in [-0.05, 0) is 43.7 Å². The number of para-hydroxylation sites is 1. The molecule has 24 heavy (non-hydrogen) atoms. The van der Waals surface area contributed by atoms with Crippen molar-refractivity contribution in [1.29, 1.82) is 0 Å². The number of ether oxygens (including phenoxy) is 1. The topological polar surface area (TPSA) is 68.5 Å². The molecule has 0 fully saturated rings. The highest BCUT2D eigenvalue weighted by atomic mass is 32.2. The summed E-state index contributed by atoms with van der Waals surface area (Å²) in [6, 6.07) is 13.9. The Hall–Kier alpha value is -2.31. The molecule has 1 heterocycles. The van der Waals surface area contributed by atoms with Crippen molar-refractivity contribution in [2.75, 3.05) is 7.11 Å². The Bertz CT molecular complexity index is 943. The van der Waals surface area contributed by atoms with Crippen molar-refractivity contribution < 1.29 is 17.6 Å². The maximum Gasteiger partial charge on any atom is 0.244 e.